The highest BCUT2D eigenvalue weighted by Gasteiger charge is 2.02. The van der Waals surface area contributed by atoms with Gasteiger partial charge in [-0.05, 0) is 38.8 Å². The maximum atomic E-state index is 5.52. The minimum atomic E-state index is 0.207. The Morgan fingerprint density at radius 3 is 1.70 bits per heavy atom. The van der Waals surface area contributed by atoms with Crippen molar-refractivity contribution in [1.29, 1.82) is 0 Å². The minimum Gasteiger partial charge on any atom is -0.467 e. The predicted octanol–water partition coefficient (Wildman–Crippen LogP) is 3.99. The van der Waals surface area contributed by atoms with Crippen LogP contribution in [0.2, 0.25) is 0 Å². The van der Waals surface area contributed by atoms with E-state index in [9.17, 15) is 0 Å². The molecule has 0 aromatic heterocycles. The quantitative estimate of drug-likeness (QED) is 0.608. The average Bonchev–Trinajstić information content (AvgIpc) is 2.47. The molecular formula is C16H26O4. The molecule has 0 amide bonds. The molecular weight excluding hydrogens is 256 g/mol. The summed E-state index contributed by atoms with van der Waals surface area (Å²) in [6.07, 6.45) is 2.36. The summed E-state index contributed by atoms with van der Waals surface area (Å²) in [4.78, 5) is 0. The van der Waals surface area contributed by atoms with Gasteiger partial charge in [-0.25, -0.2) is 0 Å². The van der Waals surface area contributed by atoms with Crippen molar-refractivity contribution in [3.8, 4) is 11.5 Å². The lowest BCUT2D eigenvalue weighted by molar-refractivity contribution is -0.0320. The number of rotatable bonds is 10. The molecule has 4 nitrogen and oxygen atoms in total. The first-order chi connectivity index (χ1) is 9.65. The van der Waals surface area contributed by atoms with Crippen molar-refractivity contribution < 1.29 is 18.9 Å². The summed E-state index contributed by atoms with van der Waals surface area (Å²) in [6.45, 7) is 8.71. The lowest BCUT2D eigenvalue weighted by Gasteiger charge is -2.14. The lowest BCUT2D eigenvalue weighted by atomic mass is 10.3. The van der Waals surface area contributed by atoms with Gasteiger partial charge in [0, 0.05) is 6.07 Å². The fraction of sp³-hybridized carbons (Fsp3) is 0.625. The fourth-order valence-corrected chi connectivity index (χ4v) is 1.33. The molecule has 0 saturated carbocycles. The minimum absolute atomic E-state index is 0.207. The number of benzene rings is 1. The van der Waals surface area contributed by atoms with Crippen LogP contribution >= 0.6 is 0 Å². The van der Waals surface area contributed by atoms with Crippen LogP contribution in [0.1, 0.15) is 40.5 Å². The monoisotopic (exact) mass is 282 g/mol. The smallest absolute Gasteiger partial charge is 0.189 e. The fourth-order valence-electron chi connectivity index (χ4n) is 1.33. The number of hydrogen-bond acceptors (Lipinski definition) is 4. The molecule has 0 aliphatic heterocycles. The largest absolute Gasteiger partial charge is 0.467 e. The highest BCUT2D eigenvalue weighted by Crippen LogP contribution is 2.19. The third-order valence-electron chi connectivity index (χ3n) is 3.11. The molecule has 20 heavy (non-hydrogen) atoms. The molecule has 0 saturated heterocycles. The van der Waals surface area contributed by atoms with Gasteiger partial charge in [-0.1, -0.05) is 19.9 Å². The molecule has 0 aliphatic rings. The summed E-state index contributed by atoms with van der Waals surface area (Å²) >= 11 is 0. The predicted molar refractivity (Wildman–Crippen MR) is 79.1 cm³/mol. The molecule has 0 spiro atoms. The standard InChI is InChI=1S/C16H26O4/c1-5-13(3)17-11-19-15-8-7-9-16(10-15)20-12-18-14(4)6-2/h7-10,13-14H,5-6,11-12H2,1-4H3. The van der Waals surface area contributed by atoms with E-state index in [2.05, 4.69) is 13.8 Å². The Bertz CT molecular complexity index is 336. The van der Waals surface area contributed by atoms with Crippen LogP contribution in [0.25, 0.3) is 0 Å². The van der Waals surface area contributed by atoms with Crippen LogP contribution in [-0.4, -0.2) is 25.8 Å². The second-order valence-corrected chi connectivity index (χ2v) is 4.77. The SMILES string of the molecule is CCC(C)OCOc1cccc(OCOC(C)CC)c1. The van der Waals surface area contributed by atoms with Crippen LogP contribution in [0, 0.1) is 0 Å². The molecule has 0 heterocycles. The van der Waals surface area contributed by atoms with Gasteiger partial charge in [-0.15, -0.1) is 0 Å². The molecule has 0 N–H and O–H groups in total. The Labute approximate surface area is 122 Å². The number of hydrogen-bond donors (Lipinski definition) is 0. The van der Waals surface area contributed by atoms with Gasteiger partial charge in [0.25, 0.3) is 0 Å². The zero-order valence-electron chi connectivity index (χ0n) is 12.9. The second kappa shape index (κ2) is 9.61. The van der Waals surface area contributed by atoms with E-state index in [1.807, 2.05) is 38.1 Å². The summed E-state index contributed by atoms with van der Waals surface area (Å²) in [5.41, 5.74) is 0. The first-order valence-corrected chi connectivity index (χ1v) is 7.24. The number of ether oxygens (including phenoxy) is 4. The molecule has 0 aliphatic carbocycles. The Hall–Kier alpha value is -1.26. The molecule has 2 unspecified atom stereocenters. The third-order valence-corrected chi connectivity index (χ3v) is 3.11. The zero-order valence-corrected chi connectivity index (χ0v) is 12.9. The Kier molecular flexibility index (Phi) is 8.07. The Morgan fingerprint density at radius 2 is 1.30 bits per heavy atom. The van der Waals surface area contributed by atoms with Crippen LogP contribution < -0.4 is 9.47 Å². The van der Waals surface area contributed by atoms with Gasteiger partial charge in [0.15, 0.2) is 13.6 Å². The molecule has 1 aromatic rings. The van der Waals surface area contributed by atoms with E-state index in [1.54, 1.807) is 0 Å². The van der Waals surface area contributed by atoms with E-state index in [-0.39, 0.29) is 25.8 Å². The molecule has 0 bridgehead atoms. The Balaban J connectivity index is 2.33. The van der Waals surface area contributed by atoms with E-state index in [4.69, 9.17) is 18.9 Å². The lowest BCUT2D eigenvalue weighted by Crippen LogP contribution is -2.12. The summed E-state index contributed by atoms with van der Waals surface area (Å²) in [7, 11) is 0. The molecule has 2 atom stereocenters. The van der Waals surface area contributed by atoms with Crippen LogP contribution in [0.5, 0.6) is 11.5 Å². The van der Waals surface area contributed by atoms with Gasteiger partial charge in [0.05, 0.1) is 12.2 Å². The molecule has 1 rings (SSSR count). The van der Waals surface area contributed by atoms with Crippen LogP contribution in [0.3, 0.4) is 0 Å². The van der Waals surface area contributed by atoms with Crippen molar-refractivity contribution in [3.63, 3.8) is 0 Å². The molecule has 1 aromatic carbocycles. The maximum Gasteiger partial charge on any atom is 0.189 e. The molecule has 4 heteroatoms. The Morgan fingerprint density at radius 1 is 0.850 bits per heavy atom. The summed E-state index contributed by atoms with van der Waals surface area (Å²) in [5.74, 6) is 1.46. The third kappa shape index (κ3) is 6.78. The van der Waals surface area contributed by atoms with Crippen LogP contribution in [-0.2, 0) is 9.47 Å². The molecule has 0 radical (unpaired) electrons. The van der Waals surface area contributed by atoms with E-state index in [0.29, 0.717) is 0 Å². The molecule has 114 valence electrons. The summed E-state index contributed by atoms with van der Waals surface area (Å²) < 4.78 is 22.0. The summed E-state index contributed by atoms with van der Waals surface area (Å²) in [6, 6.07) is 7.47. The zero-order chi connectivity index (χ0) is 14.8. The van der Waals surface area contributed by atoms with Gasteiger partial charge < -0.3 is 18.9 Å². The van der Waals surface area contributed by atoms with E-state index < -0.39 is 0 Å². The van der Waals surface area contributed by atoms with Gasteiger partial charge in [-0.3, -0.25) is 0 Å². The van der Waals surface area contributed by atoms with Crippen molar-refractivity contribution in [2.45, 2.75) is 52.7 Å². The van der Waals surface area contributed by atoms with Gasteiger partial charge in [0.2, 0.25) is 0 Å². The van der Waals surface area contributed by atoms with E-state index in [0.717, 1.165) is 24.3 Å². The molecule has 0 fully saturated rings. The van der Waals surface area contributed by atoms with Crippen molar-refractivity contribution >= 4 is 0 Å². The van der Waals surface area contributed by atoms with Crippen LogP contribution in [0.15, 0.2) is 24.3 Å². The average molecular weight is 282 g/mol. The van der Waals surface area contributed by atoms with Crippen molar-refractivity contribution in [1.82, 2.24) is 0 Å². The van der Waals surface area contributed by atoms with Gasteiger partial charge >= 0.3 is 0 Å². The second-order valence-electron chi connectivity index (χ2n) is 4.77. The van der Waals surface area contributed by atoms with Crippen molar-refractivity contribution in [3.05, 3.63) is 24.3 Å². The summed E-state index contributed by atoms with van der Waals surface area (Å²) in [5, 5.41) is 0. The highest BCUT2D eigenvalue weighted by molar-refractivity contribution is 5.32. The normalized spacial score (nSPS) is 13.8. The van der Waals surface area contributed by atoms with Crippen LogP contribution in [0.4, 0.5) is 0 Å². The topological polar surface area (TPSA) is 36.9 Å². The van der Waals surface area contributed by atoms with E-state index in [1.165, 1.54) is 0 Å². The maximum absolute atomic E-state index is 5.52. The van der Waals surface area contributed by atoms with Crippen molar-refractivity contribution in [2.24, 2.45) is 0 Å². The van der Waals surface area contributed by atoms with Gasteiger partial charge in [-0.2, -0.15) is 0 Å². The van der Waals surface area contributed by atoms with Gasteiger partial charge in [0.1, 0.15) is 11.5 Å². The van der Waals surface area contributed by atoms with Crippen molar-refractivity contribution in [2.75, 3.05) is 13.6 Å². The first-order valence-electron chi connectivity index (χ1n) is 7.24. The first kappa shape index (κ1) is 16.8. The van der Waals surface area contributed by atoms with E-state index >= 15 is 0 Å². The highest BCUT2D eigenvalue weighted by atomic mass is 16.7.